The lowest BCUT2D eigenvalue weighted by molar-refractivity contribution is 0.630. The monoisotopic (exact) mass is 249 g/mol. The first-order valence-electron chi connectivity index (χ1n) is 5.48. The molecule has 17 heavy (non-hydrogen) atoms. The number of hydrogen-bond donors (Lipinski definition) is 1. The van der Waals surface area contributed by atoms with Crippen LogP contribution in [0.1, 0.15) is 5.56 Å². The minimum absolute atomic E-state index is 0.314. The van der Waals surface area contributed by atoms with Crippen molar-refractivity contribution in [3.63, 3.8) is 0 Å². The Morgan fingerprint density at radius 2 is 1.82 bits per heavy atom. The van der Waals surface area contributed by atoms with Gasteiger partial charge in [-0.1, -0.05) is 41.9 Å². The summed E-state index contributed by atoms with van der Waals surface area (Å²) in [6.07, 6.45) is 0.864. The van der Waals surface area contributed by atoms with Crippen LogP contribution in [0.5, 0.6) is 0 Å². The average Bonchev–Trinajstić information content (AvgIpc) is 2.33. The predicted octanol–water partition coefficient (Wildman–Crippen LogP) is 4.13. The maximum Gasteiger partial charge on any atom is 0.147 e. The van der Waals surface area contributed by atoms with Crippen molar-refractivity contribution in [1.29, 1.82) is 0 Å². The fourth-order valence-corrected chi connectivity index (χ4v) is 1.78. The van der Waals surface area contributed by atoms with Crippen molar-refractivity contribution in [2.45, 2.75) is 6.42 Å². The van der Waals surface area contributed by atoms with Crippen LogP contribution in [0, 0.1) is 5.82 Å². The van der Waals surface area contributed by atoms with E-state index in [0.29, 0.717) is 17.3 Å². The molecule has 0 spiro atoms. The molecule has 0 saturated carbocycles. The van der Waals surface area contributed by atoms with Gasteiger partial charge in [0.15, 0.2) is 0 Å². The molecule has 1 nitrogen and oxygen atoms in total. The van der Waals surface area contributed by atoms with Crippen LogP contribution in [0.15, 0.2) is 48.5 Å². The number of hydrogen-bond acceptors (Lipinski definition) is 1. The molecule has 0 amide bonds. The summed E-state index contributed by atoms with van der Waals surface area (Å²) in [6, 6.07) is 14.7. The highest BCUT2D eigenvalue weighted by atomic mass is 35.5. The Labute approximate surface area is 105 Å². The van der Waals surface area contributed by atoms with Gasteiger partial charge in [-0.2, -0.15) is 0 Å². The van der Waals surface area contributed by atoms with Crippen molar-refractivity contribution in [2.75, 3.05) is 11.9 Å². The normalized spacial score (nSPS) is 10.2. The maximum absolute atomic E-state index is 13.4. The van der Waals surface area contributed by atoms with Gasteiger partial charge in [-0.3, -0.25) is 0 Å². The van der Waals surface area contributed by atoms with E-state index in [0.717, 1.165) is 6.42 Å². The van der Waals surface area contributed by atoms with E-state index < -0.39 is 0 Å². The lowest BCUT2D eigenvalue weighted by Crippen LogP contribution is -2.06. The lowest BCUT2D eigenvalue weighted by Gasteiger charge is -2.07. The Balaban J connectivity index is 1.90. The molecule has 0 fully saturated rings. The van der Waals surface area contributed by atoms with Crippen molar-refractivity contribution in [2.24, 2.45) is 0 Å². The van der Waals surface area contributed by atoms with Gasteiger partial charge in [0, 0.05) is 11.6 Å². The summed E-state index contributed by atoms with van der Waals surface area (Å²) in [5.74, 6) is -0.314. The van der Waals surface area contributed by atoms with Crippen LogP contribution in [0.4, 0.5) is 10.1 Å². The highest BCUT2D eigenvalue weighted by molar-refractivity contribution is 6.30. The van der Waals surface area contributed by atoms with Crippen LogP contribution in [0.3, 0.4) is 0 Å². The molecule has 2 aromatic rings. The van der Waals surface area contributed by atoms with Crippen molar-refractivity contribution < 1.29 is 4.39 Å². The Kier molecular flexibility index (Phi) is 3.99. The molecule has 0 aliphatic carbocycles. The topological polar surface area (TPSA) is 12.0 Å². The molecule has 3 heteroatoms. The van der Waals surface area contributed by atoms with E-state index in [2.05, 4.69) is 17.4 Å². The van der Waals surface area contributed by atoms with E-state index >= 15 is 0 Å². The highest BCUT2D eigenvalue weighted by Gasteiger charge is 2.01. The molecule has 0 radical (unpaired) electrons. The SMILES string of the molecule is Fc1cc(Cl)ccc1NCCc1ccccc1. The lowest BCUT2D eigenvalue weighted by atomic mass is 10.1. The van der Waals surface area contributed by atoms with E-state index in [1.807, 2.05) is 18.2 Å². The van der Waals surface area contributed by atoms with E-state index in [-0.39, 0.29) is 5.82 Å². The fraction of sp³-hybridized carbons (Fsp3) is 0.143. The molecule has 2 aromatic carbocycles. The molecule has 0 aliphatic heterocycles. The van der Waals surface area contributed by atoms with Crippen LogP contribution in [0.2, 0.25) is 5.02 Å². The summed E-state index contributed by atoms with van der Waals surface area (Å²) < 4.78 is 13.4. The number of nitrogens with one attached hydrogen (secondary N) is 1. The third-order valence-electron chi connectivity index (χ3n) is 2.50. The summed E-state index contributed by atoms with van der Waals surface area (Å²) in [5.41, 5.74) is 1.72. The number of anilines is 1. The molecule has 0 heterocycles. The first kappa shape index (κ1) is 11.9. The van der Waals surface area contributed by atoms with Crippen molar-refractivity contribution in [1.82, 2.24) is 0 Å². The smallest absolute Gasteiger partial charge is 0.147 e. The van der Waals surface area contributed by atoms with E-state index in [1.165, 1.54) is 11.6 Å². The standard InChI is InChI=1S/C14H13ClFN/c15-12-6-7-14(13(16)10-12)17-9-8-11-4-2-1-3-5-11/h1-7,10,17H,8-9H2. The van der Waals surface area contributed by atoms with Gasteiger partial charge in [-0.15, -0.1) is 0 Å². The van der Waals surface area contributed by atoms with E-state index in [9.17, 15) is 4.39 Å². The molecule has 0 saturated heterocycles. The van der Waals surface area contributed by atoms with Crippen molar-refractivity contribution >= 4 is 17.3 Å². The van der Waals surface area contributed by atoms with Gasteiger partial charge in [0.2, 0.25) is 0 Å². The third kappa shape index (κ3) is 3.46. The first-order valence-corrected chi connectivity index (χ1v) is 5.86. The Morgan fingerprint density at radius 3 is 2.53 bits per heavy atom. The van der Waals surface area contributed by atoms with Crippen LogP contribution in [-0.2, 0) is 6.42 Å². The molecule has 0 atom stereocenters. The zero-order valence-corrected chi connectivity index (χ0v) is 10.0. The number of halogens is 2. The molecular formula is C14H13ClFN. The summed E-state index contributed by atoms with van der Waals surface area (Å²) in [7, 11) is 0. The van der Waals surface area contributed by atoms with Crippen molar-refractivity contribution in [3.8, 4) is 0 Å². The summed E-state index contributed by atoms with van der Waals surface area (Å²) in [5, 5.41) is 3.47. The van der Waals surface area contributed by atoms with E-state index in [4.69, 9.17) is 11.6 Å². The first-order chi connectivity index (χ1) is 8.25. The van der Waals surface area contributed by atoms with Crippen LogP contribution in [0.25, 0.3) is 0 Å². The van der Waals surface area contributed by atoms with E-state index in [1.54, 1.807) is 12.1 Å². The molecule has 1 N–H and O–H groups in total. The second-order valence-electron chi connectivity index (χ2n) is 3.79. The fourth-order valence-electron chi connectivity index (χ4n) is 1.62. The minimum Gasteiger partial charge on any atom is -0.382 e. The largest absolute Gasteiger partial charge is 0.382 e. The second-order valence-corrected chi connectivity index (χ2v) is 4.22. The quantitative estimate of drug-likeness (QED) is 0.859. The van der Waals surface area contributed by atoms with Gasteiger partial charge in [0.05, 0.1) is 5.69 Å². The third-order valence-corrected chi connectivity index (χ3v) is 2.74. The van der Waals surface area contributed by atoms with Gasteiger partial charge < -0.3 is 5.32 Å². The Morgan fingerprint density at radius 1 is 1.06 bits per heavy atom. The van der Waals surface area contributed by atoms with Gasteiger partial charge in [-0.05, 0) is 30.2 Å². The molecule has 88 valence electrons. The van der Waals surface area contributed by atoms with Crippen LogP contribution < -0.4 is 5.32 Å². The average molecular weight is 250 g/mol. The van der Waals surface area contributed by atoms with Gasteiger partial charge >= 0.3 is 0 Å². The minimum atomic E-state index is -0.314. The van der Waals surface area contributed by atoms with Crippen molar-refractivity contribution in [3.05, 3.63) is 64.9 Å². The van der Waals surface area contributed by atoms with Gasteiger partial charge in [0.25, 0.3) is 0 Å². The Hall–Kier alpha value is -1.54. The molecule has 2 rings (SSSR count). The second kappa shape index (κ2) is 5.69. The number of benzene rings is 2. The zero-order valence-electron chi connectivity index (χ0n) is 9.29. The molecule has 0 aromatic heterocycles. The van der Waals surface area contributed by atoms with Gasteiger partial charge in [-0.25, -0.2) is 4.39 Å². The zero-order chi connectivity index (χ0) is 12.1. The van der Waals surface area contributed by atoms with Crippen LogP contribution >= 0.6 is 11.6 Å². The predicted molar refractivity (Wildman–Crippen MR) is 70.0 cm³/mol. The maximum atomic E-state index is 13.4. The summed E-state index contributed by atoms with van der Waals surface area (Å²) >= 11 is 5.68. The summed E-state index contributed by atoms with van der Waals surface area (Å²) in [4.78, 5) is 0. The molecule has 0 aliphatic rings. The number of rotatable bonds is 4. The summed E-state index contributed by atoms with van der Waals surface area (Å²) in [6.45, 7) is 0.697. The molecular weight excluding hydrogens is 237 g/mol. The van der Waals surface area contributed by atoms with Crippen LogP contribution in [-0.4, -0.2) is 6.54 Å². The molecule has 0 unspecified atom stereocenters. The van der Waals surface area contributed by atoms with Gasteiger partial charge in [0.1, 0.15) is 5.82 Å². The Bertz CT molecular complexity index is 485. The molecule has 0 bridgehead atoms. The highest BCUT2D eigenvalue weighted by Crippen LogP contribution is 2.18.